The number of aromatic nitrogens is 3. The molecule has 43 heavy (non-hydrogen) atoms. The lowest BCUT2D eigenvalue weighted by atomic mass is 9.70. The van der Waals surface area contributed by atoms with Gasteiger partial charge < -0.3 is 14.7 Å². The summed E-state index contributed by atoms with van der Waals surface area (Å²) in [4.78, 5) is 23.0. The third-order valence-electron chi connectivity index (χ3n) is 10.4. The molecule has 0 N–H and O–H groups in total. The van der Waals surface area contributed by atoms with Crippen molar-refractivity contribution < 1.29 is 9.52 Å². The van der Waals surface area contributed by atoms with Gasteiger partial charge in [0.05, 0.1) is 16.6 Å². The lowest BCUT2D eigenvalue weighted by Gasteiger charge is -2.45. The van der Waals surface area contributed by atoms with Gasteiger partial charge in [-0.15, -0.1) is 0 Å². The Bertz CT molecular complexity index is 1610. The van der Waals surface area contributed by atoms with Crippen molar-refractivity contribution in [3.05, 3.63) is 99.2 Å². The van der Waals surface area contributed by atoms with Crippen molar-refractivity contribution in [1.29, 1.82) is 0 Å². The molecule has 2 bridgehead atoms. The second kappa shape index (κ2) is 11.4. The van der Waals surface area contributed by atoms with E-state index in [0.29, 0.717) is 35.9 Å². The molecule has 2 aromatic carbocycles. The van der Waals surface area contributed by atoms with E-state index in [2.05, 4.69) is 71.0 Å². The fraction of sp³-hybridized carbons (Fsp3) is 0.441. The Hall–Kier alpha value is -3.13. The molecule has 0 unspecified atom stereocenters. The molecule has 3 fully saturated rings. The summed E-state index contributed by atoms with van der Waals surface area (Å²) in [6, 6.07) is 21.0. The number of carbonyl (C=O) groups excluding carboxylic acids is 1. The SMILES string of the molecule is Cc1nc2ccccc2n1[C@H]1C[C@H]2CC[C@@H](C1)N2CCC1(c2ccccc2)CCN(C(=O)c2c(Cl)c[n+]([O-])cc2Cl)CC1. The molecule has 3 aliphatic heterocycles. The number of halogens is 2. The van der Waals surface area contributed by atoms with Gasteiger partial charge in [-0.2, -0.15) is 4.73 Å². The van der Waals surface area contributed by atoms with Crippen LogP contribution in [0.3, 0.4) is 0 Å². The van der Waals surface area contributed by atoms with E-state index in [1.807, 2.05) is 4.90 Å². The zero-order chi connectivity index (χ0) is 29.7. The highest BCUT2D eigenvalue weighted by Crippen LogP contribution is 2.45. The summed E-state index contributed by atoms with van der Waals surface area (Å²) in [6.07, 6.45) is 10.0. The Kier molecular flexibility index (Phi) is 7.60. The Labute approximate surface area is 262 Å². The van der Waals surface area contributed by atoms with Crippen LogP contribution < -0.4 is 4.73 Å². The van der Waals surface area contributed by atoms with Crippen LogP contribution in [0.5, 0.6) is 0 Å². The first-order chi connectivity index (χ1) is 20.8. The Balaban J connectivity index is 1.07. The fourth-order valence-corrected chi connectivity index (χ4v) is 8.88. The van der Waals surface area contributed by atoms with Crippen molar-refractivity contribution >= 4 is 40.1 Å². The van der Waals surface area contributed by atoms with Crippen LogP contribution in [-0.2, 0) is 5.41 Å². The molecule has 4 aromatic rings. The van der Waals surface area contributed by atoms with E-state index in [1.165, 1.54) is 49.2 Å². The highest BCUT2D eigenvalue weighted by molar-refractivity contribution is 6.39. The number of imidazole rings is 1. The summed E-state index contributed by atoms with van der Waals surface area (Å²) in [6.45, 7) is 4.45. The first-order valence-corrected chi connectivity index (χ1v) is 16.2. The van der Waals surface area contributed by atoms with Crippen LogP contribution in [0, 0.1) is 12.1 Å². The molecule has 9 heteroatoms. The van der Waals surface area contributed by atoms with Crippen LogP contribution in [0.4, 0.5) is 0 Å². The maximum Gasteiger partial charge on any atom is 0.257 e. The Morgan fingerprint density at radius 3 is 2.26 bits per heavy atom. The summed E-state index contributed by atoms with van der Waals surface area (Å²) in [5, 5.41) is 11.9. The number of benzene rings is 2. The predicted octanol–water partition coefficient (Wildman–Crippen LogP) is 6.72. The van der Waals surface area contributed by atoms with E-state index >= 15 is 0 Å². The molecule has 224 valence electrons. The van der Waals surface area contributed by atoms with Gasteiger partial charge in [0.1, 0.15) is 15.9 Å². The van der Waals surface area contributed by atoms with Crippen molar-refractivity contribution in [3.63, 3.8) is 0 Å². The van der Waals surface area contributed by atoms with Crippen molar-refractivity contribution in [2.45, 2.75) is 75.4 Å². The van der Waals surface area contributed by atoms with Gasteiger partial charge in [0, 0.05) is 31.2 Å². The molecule has 3 aliphatic rings. The Morgan fingerprint density at radius 2 is 1.58 bits per heavy atom. The monoisotopic (exact) mass is 617 g/mol. The predicted molar refractivity (Wildman–Crippen MR) is 170 cm³/mol. The summed E-state index contributed by atoms with van der Waals surface area (Å²) in [5.74, 6) is 0.911. The number of likely N-dealkylation sites (tertiary alicyclic amines) is 1. The number of rotatable bonds is 6. The van der Waals surface area contributed by atoms with E-state index in [1.54, 1.807) is 0 Å². The van der Waals surface area contributed by atoms with Gasteiger partial charge in [-0.05, 0) is 81.5 Å². The maximum absolute atomic E-state index is 13.5. The molecule has 0 radical (unpaired) electrons. The van der Waals surface area contributed by atoms with Crippen molar-refractivity contribution in [2.24, 2.45) is 0 Å². The molecule has 1 amide bonds. The van der Waals surface area contributed by atoms with Crippen LogP contribution in [0.2, 0.25) is 10.0 Å². The van der Waals surface area contributed by atoms with E-state index in [-0.39, 0.29) is 26.9 Å². The largest absolute Gasteiger partial charge is 0.619 e. The number of amides is 1. The summed E-state index contributed by atoms with van der Waals surface area (Å²) < 4.78 is 3.03. The second-order valence-corrected chi connectivity index (χ2v) is 13.5. The normalized spacial score (nSPS) is 23.6. The highest BCUT2D eigenvalue weighted by Gasteiger charge is 2.44. The molecule has 5 heterocycles. The fourth-order valence-electron chi connectivity index (χ4n) is 8.27. The van der Waals surface area contributed by atoms with E-state index in [0.717, 1.165) is 37.1 Å². The number of para-hydroxylation sites is 2. The minimum Gasteiger partial charge on any atom is -0.619 e. The van der Waals surface area contributed by atoms with Gasteiger partial charge >= 0.3 is 0 Å². The number of nitrogens with zero attached hydrogens (tertiary/aromatic N) is 5. The van der Waals surface area contributed by atoms with E-state index in [9.17, 15) is 10.0 Å². The minimum absolute atomic E-state index is 0.00617. The van der Waals surface area contributed by atoms with Crippen molar-refractivity contribution in [2.75, 3.05) is 19.6 Å². The first kappa shape index (κ1) is 28.6. The molecule has 0 aliphatic carbocycles. The number of pyridine rings is 1. The molecule has 0 saturated carbocycles. The number of hydrogen-bond donors (Lipinski definition) is 0. The van der Waals surface area contributed by atoms with E-state index in [4.69, 9.17) is 28.2 Å². The molecular formula is C34H37Cl2N5O2. The van der Waals surface area contributed by atoms with Gasteiger partial charge in [0.15, 0.2) is 12.4 Å². The quantitative estimate of drug-likeness (QED) is 0.178. The van der Waals surface area contributed by atoms with Gasteiger partial charge in [-0.25, -0.2) is 4.98 Å². The number of hydrogen-bond acceptors (Lipinski definition) is 4. The minimum atomic E-state index is -0.209. The summed E-state index contributed by atoms with van der Waals surface area (Å²) >= 11 is 12.6. The number of fused-ring (bicyclic) bond motifs is 3. The van der Waals surface area contributed by atoms with Crippen LogP contribution in [0.1, 0.15) is 72.7 Å². The summed E-state index contributed by atoms with van der Waals surface area (Å²) in [5.41, 5.74) is 3.91. The van der Waals surface area contributed by atoms with Crippen LogP contribution >= 0.6 is 23.2 Å². The lowest BCUT2D eigenvalue weighted by Crippen LogP contribution is -2.49. The van der Waals surface area contributed by atoms with Crippen LogP contribution in [0.25, 0.3) is 11.0 Å². The molecule has 3 saturated heterocycles. The standard InChI is InChI=1S/C34H37Cl2N5O2/c1-23-37-30-9-5-6-10-31(30)41(23)27-19-25-11-12-26(20-27)40(25)18-15-34(24-7-3-2-4-8-24)13-16-38(17-14-34)33(42)32-28(35)21-39(43)22-29(32)36/h2-10,21-22,25-27H,11-20H2,1H3/t25-,26+,27+. The molecule has 3 atom stereocenters. The number of carbonyl (C=O) groups is 1. The van der Waals surface area contributed by atoms with Gasteiger partial charge in [0.2, 0.25) is 0 Å². The van der Waals surface area contributed by atoms with Gasteiger partial charge in [0.25, 0.3) is 5.91 Å². The van der Waals surface area contributed by atoms with Gasteiger partial charge in [-0.3, -0.25) is 9.69 Å². The van der Waals surface area contributed by atoms with Gasteiger partial charge in [-0.1, -0.05) is 65.7 Å². The lowest BCUT2D eigenvalue weighted by molar-refractivity contribution is -0.605. The van der Waals surface area contributed by atoms with E-state index < -0.39 is 0 Å². The molecule has 2 aromatic heterocycles. The van der Waals surface area contributed by atoms with Crippen LogP contribution in [-0.4, -0.2) is 57.0 Å². The average Bonchev–Trinajstić information content (AvgIpc) is 3.46. The molecule has 7 nitrogen and oxygen atoms in total. The molecule has 7 rings (SSSR count). The second-order valence-electron chi connectivity index (χ2n) is 12.6. The first-order valence-electron chi connectivity index (χ1n) is 15.4. The zero-order valence-electron chi connectivity index (χ0n) is 24.5. The van der Waals surface area contributed by atoms with Crippen LogP contribution in [0.15, 0.2) is 67.0 Å². The Morgan fingerprint density at radius 1 is 0.953 bits per heavy atom. The average molecular weight is 619 g/mol. The third-order valence-corrected chi connectivity index (χ3v) is 11.0. The number of piperidine rings is 2. The smallest absolute Gasteiger partial charge is 0.257 e. The van der Waals surface area contributed by atoms with Crippen molar-refractivity contribution in [1.82, 2.24) is 19.4 Å². The zero-order valence-corrected chi connectivity index (χ0v) is 26.0. The topological polar surface area (TPSA) is 68.3 Å². The molecular weight excluding hydrogens is 581 g/mol. The maximum atomic E-state index is 13.5. The summed E-state index contributed by atoms with van der Waals surface area (Å²) in [7, 11) is 0. The van der Waals surface area contributed by atoms with Crippen molar-refractivity contribution in [3.8, 4) is 0 Å². The third kappa shape index (κ3) is 5.19. The number of aryl methyl sites for hydroxylation is 1. The molecule has 0 spiro atoms. The highest BCUT2D eigenvalue weighted by atomic mass is 35.5.